The van der Waals surface area contributed by atoms with E-state index in [9.17, 15) is 24.2 Å². The molecule has 0 saturated carbocycles. The van der Waals surface area contributed by atoms with Crippen molar-refractivity contribution in [1.29, 1.82) is 0 Å². The van der Waals surface area contributed by atoms with Crippen LogP contribution < -0.4 is 0 Å². The number of ether oxygens (including phenoxy) is 2. The van der Waals surface area contributed by atoms with Crippen molar-refractivity contribution in [3.8, 4) is 0 Å². The zero-order valence-corrected chi connectivity index (χ0v) is 32.3. The lowest BCUT2D eigenvalue weighted by Crippen LogP contribution is -2.29. The van der Waals surface area contributed by atoms with Crippen LogP contribution in [0.4, 0.5) is 0 Å². The molecule has 10 nitrogen and oxygen atoms in total. The maximum absolute atomic E-state index is 12.5. The van der Waals surface area contributed by atoms with Gasteiger partial charge in [0.25, 0.3) is 0 Å². The van der Waals surface area contributed by atoms with Crippen molar-refractivity contribution in [2.75, 3.05) is 26.4 Å². The van der Waals surface area contributed by atoms with Crippen molar-refractivity contribution in [1.82, 2.24) is 0 Å². The van der Waals surface area contributed by atoms with Crippen LogP contribution in [0.15, 0.2) is 0 Å². The second-order valence-electron chi connectivity index (χ2n) is 13.7. The number of carbonyl (C=O) groups excluding carboxylic acids is 2. The van der Waals surface area contributed by atoms with Crippen molar-refractivity contribution in [2.45, 2.75) is 206 Å². The van der Waals surface area contributed by atoms with E-state index in [-0.39, 0.29) is 19.4 Å². The normalized spacial score (nSPS) is 14.0. The Hall–Kier alpha value is -1.03. The van der Waals surface area contributed by atoms with Gasteiger partial charge in [0.05, 0.1) is 19.8 Å². The second kappa shape index (κ2) is 35.4. The summed E-state index contributed by atoms with van der Waals surface area (Å²) in [4.78, 5) is 34.8. The number of phosphoric acid groups is 1. The van der Waals surface area contributed by atoms with Gasteiger partial charge in [-0.05, 0) is 12.8 Å². The first-order chi connectivity index (χ1) is 23.7. The van der Waals surface area contributed by atoms with Gasteiger partial charge < -0.3 is 24.6 Å². The standard InChI is InChI=1S/C38H75O10P/c1-3-5-7-9-11-13-15-17-19-21-23-25-27-29-37(41)45-33-36(34-47-49(43,44)46-32-35(40)31-39)48-38(42)30-28-26-24-22-20-18-16-14-12-10-8-6-4-2/h35-36,39-40H,3-34H2,1-2H3,(H,43,44)/t35?,36-/m1/s1. The van der Waals surface area contributed by atoms with E-state index in [1.54, 1.807) is 0 Å². The minimum atomic E-state index is -4.60. The van der Waals surface area contributed by atoms with Crippen LogP contribution >= 0.6 is 7.82 Å². The molecule has 3 N–H and O–H groups in total. The van der Waals surface area contributed by atoms with Gasteiger partial charge in [0.15, 0.2) is 6.10 Å². The van der Waals surface area contributed by atoms with Gasteiger partial charge in [-0.15, -0.1) is 0 Å². The number of carbonyl (C=O) groups is 2. The Morgan fingerprint density at radius 3 is 1.27 bits per heavy atom. The number of aliphatic hydroxyl groups is 2. The average Bonchev–Trinajstić information content (AvgIpc) is 3.09. The molecule has 2 unspecified atom stereocenters. The van der Waals surface area contributed by atoms with E-state index < -0.39 is 51.8 Å². The Balaban J connectivity index is 4.31. The number of phosphoric ester groups is 1. The summed E-state index contributed by atoms with van der Waals surface area (Å²) in [7, 11) is -4.60. The van der Waals surface area contributed by atoms with Gasteiger partial charge in [0, 0.05) is 12.8 Å². The van der Waals surface area contributed by atoms with Gasteiger partial charge in [0.1, 0.15) is 12.7 Å². The first kappa shape index (κ1) is 48.0. The van der Waals surface area contributed by atoms with Crippen LogP contribution in [0.2, 0.25) is 0 Å². The number of aliphatic hydroxyl groups excluding tert-OH is 2. The molecule has 0 amide bonds. The lowest BCUT2D eigenvalue weighted by Gasteiger charge is -2.20. The molecule has 0 aliphatic rings. The number of hydrogen-bond donors (Lipinski definition) is 3. The van der Waals surface area contributed by atoms with Gasteiger partial charge >= 0.3 is 19.8 Å². The Kier molecular flexibility index (Phi) is 34.6. The number of unbranched alkanes of at least 4 members (excludes halogenated alkanes) is 24. The van der Waals surface area contributed by atoms with Crippen LogP contribution in [0, 0.1) is 0 Å². The Morgan fingerprint density at radius 2 is 0.878 bits per heavy atom. The van der Waals surface area contributed by atoms with Crippen molar-refractivity contribution >= 4 is 19.8 Å². The molecule has 0 bridgehead atoms. The third-order valence-electron chi connectivity index (χ3n) is 8.76. The van der Waals surface area contributed by atoms with Crippen LogP contribution in [0.25, 0.3) is 0 Å². The van der Waals surface area contributed by atoms with E-state index in [0.29, 0.717) is 12.8 Å². The lowest BCUT2D eigenvalue weighted by molar-refractivity contribution is -0.161. The fourth-order valence-electron chi connectivity index (χ4n) is 5.64. The smallest absolute Gasteiger partial charge is 0.462 e. The summed E-state index contributed by atoms with van der Waals surface area (Å²) in [6, 6.07) is 0. The van der Waals surface area contributed by atoms with Crippen molar-refractivity contribution in [2.24, 2.45) is 0 Å². The zero-order chi connectivity index (χ0) is 36.3. The quantitative estimate of drug-likeness (QED) is 0.0319. The minimum absolute atomic E-state index is 0.192. The predicted octanol–water partition coefficient (Wildman–Crippen LogP) is 9.89. The molecule has 0 aromatic rings. The van der Waals surface area contributed by atoms with Gasteiger partial charge in [-0.3, -0.25) is 18.6 Å². The monoisotopic (exact) mass is 723 g/mol. The summed E-state index contributed by atoms with van der Waals surface area (Å²) in [5.41, 5.74) is 0. The fourth-order valence-corrected chi connectivity index (χ4v) is 6.43. The molecular formula is C38H75O10P. The first-order valence-electron chi connectivity index (χ1n) is 20.0. The van der Waals surface area contributed by atoms with Crippen LogP contribution in [0.5, 0.6) is 0 Å². The SMILES string of the molecule is CCCCCCCCCCCCCCCC(=O)OC[C@H](COP(=O)(O)OCC(O)CO)OC(=O)CCCCCCCCCCCCCCC. The molecule has 0 spiro atoms. The minimum Gasteiger partial charge on any atom is -0.462 e. The third kappa shape index (κ3) is 35.2. The summed E-state index contributed by atoms with van der Waals surface area (Å²) in [5, 5.41) is 18.3. The molecule has 11 heteroatoms. The van der Waals surface area contributed by atoms with Gasteiger partial charge in [-0.25, -0.2) is 4.57 Å². The molecule has 0 radical (unpaired) electrons. The molecule has 0 aliphatic carbocycles. The van der Waals surface area contributed by atoms with Gasteiger partial charge in [-0.2, -0.15) is 0 Å². The maximum atomic E-state index is 12.5. The summed E-state index contributed by atoms with van der Waals surface area (Å²) >= 11 is 0. The van der Waals surface area contributed by atoms with E-state index >= 15 is 0 Å². The van der Waals surface area contributed by atoms with Crippen LogP contribution in [-0.2, 0) is 32.7 Å². The molecule has 0 saturated heterocycles. The van der Waals surface area contributed by atoms with E-state index in [0.717, 1.165) is 38.5 Å². The molecule has 292 valence electrons. The average molecular weight is 723 g/mol. The Labute approximate surface area is 299 Å². The summed E-state index contributed by atoms with van der Waals surface area (Å²) in [6.07, 6.45) is 29.2. The maximum Gasteiger partial charge on any atom is 0.472 e. The Bertz CT molecular complexity index is 796. The lowest BCUT2D eigenvalue weighted by atomic mass is 10.0. The fraction of sp³-hybridized carbons (Fsp3) is 0.947. The van der Waals surface area contributed by atoms with Crippen molar-refractivity contribution < 1.29 is 47.8 Å². The number of hydrogen-bond acceptors (Lipinski definition) is 9. The molecule has 49 heavy (non-hydrogen) atoms. The molecule has 0 fully saturated rings. The molecule has 0 rings (SSSR count). The molecule has 0 aliphatic heterocycles. The molecule has 0 aromatic carbocycles. The highest BCUT2D eigenvalue weighted by Crippen LogP contribution is 2.43. The largest absolute Gasteiger partial charge is 0.472 e. The van der Waals surface area contributed by atoms with E-state index in [1.165, 1.54) is 116 Å². The van der Waals surface area contributed by atoms with Crippen LogP contribution in [0.3, 0.4) is 0 Å². The van der Waals surface area contributed by atoms with Crippen molar-refractivity contribution in [3.05, 3.63) is 0 Å². The van der Waals surface area contributed by atoms with Gasteiger partial charge in [-0.1, -0.05) is 168 Å². The third-order valence-corrected chi connectivity index (χ3v) is 9.71. The highest BCUT2D eigenvalue weighted by atomic mass is 31.2. The topological polar surface area (TPSA) is 149 Å². The highest BCUT2D eigenvalue weighted by Gasteiger charge is 2.27. The van der Waals surface area contributed by atoms with Gasteiger partial charge in [0.2, 0.25) is 0 Å². The molecule has 0 aromatic heterocycles. The molecular weight excluding hydrogens is 647 g/mol. The Morgan fingerprint density at radius 1 is 0.531 bits per heavy atom. The summed E-state index contributed by atoms with van der Waals surface area (Å²) in [6.45, 7) is 2.39. The second-order valence-corrected chi connectivity index (χ2v) is 15.1. The van der Waals surface area contributed by atoms with E-state index in [4.69, 9.17) is 19.1 Å². The molecule has 0 heterocycles. The first-order valence-corrected chi connectivity index (χ1v) is 21.5. The van der Waals surface area contributed by atoms with Crippen LogP contribution in [0.1, 0.15) is 194 Å². The summed E-state index contributed by atoms with van der Waals surface area (Å²) < 4.78 is 32.6. The highest BCUT2D eigenvalue weighted by molar-refractivity contribution is 7.47. The van der Waals surface area contributed by atoms with Crippen LogP contribution in [-0.4, -0.2) is 65.7 Å². The predicted molar refractivity (Wildman–Crippen MR) is 196 cm³/mol. The van der Waals surface area contributed by atoms with E-state index in [1.807, 2.05) is 0 Å². The molecule has 3 atom stereocenters. The van der Waals surface area contributed by atoms with E-state index in [2.05, 4.69) is 18.4 Å². The number of rotatable bonds is 38. The summed E-state index contributed by atoms with van der Waals surface area (Å²) in [5.74, 6) is -0.913. The zero-order valence-electron chi connectivity index (χ0n) is 31.4. The van der Waals surface area contributed by atoms with Crippen molar-refractivity contribution in [3.63, 3.8) is 0 Å². The number of esters is 2.